The summed E-state index contributed by atoms with van der Waals surface area (Å²) in [5.74, 6) is 1.59. The lowest BCUT2D eigenvalue weighted by atomic mass is 10.1. The molecule has 3 N–H and O–H groups in total. The summed E-state index contributed by atoms with van der Waals surface area (Å²) < 4.78 is 5.45. The first-order valence-electron chi connectivity index (χ1n) is 11.4. The molecule has 2 aromatic carbocycles. The van der Waals surface area contributed by atoms with Gasteiger partial charge in [-0.25, -0.2) is 4.99 Å². The summed E-state index contributed by atoms with van der Waals surface area (Å²) in [7, 11) is 3.34. The number of nitrogens with zero attached hydrogens (tertiary/aromatic N) is 2. The van der Waals surface area contributed by atoms with Crippen molar-refractivity contribution in [3.05, 3.63) is 65.2 Å². The maximum atomic E-state index is 11.7. The zero-order valence-electron chi connectivity index (χ0n) is 19.4. The van der Waals surface area contributed by atoms with E-state index in [4.69, 9.17) is 9.73 Å². The first-order chi connectivity index (χ1) is 15.6. The Bertz CT molecular complexity index is 891. The lowest BCUT2D eigenvalue weighted by Gasteiger charge is -2.29. The number of carbonyl (C=O) groups excluding carboxylic acids is 1. The largest absolute Gasteiger partial charge is 0.497 e. The Labute approximate surface area is 191 Å². The number of rotatable bonds is 9. The van der Waals surface area contributed by atoms with Crippen LogP contribution in [0.2, 0.25) is 0 Å². The third-order valence-electron chi connectivity index (χ3n) is 5.73. The maximum Gasteiger partial charge on any atom is 0.251 e. The predicted molar refractivity (Wildman–Crippen MR) is 129 cm³/mol. The van der Waals surface area contributed by atoms with Gasteiger partial charge in [-0.05, 0) is 68.2 Å². The maximum absolute atomic E-state index is 11.7. The van der Waals surface area contributed by atoms with E-state index in [0.717, 1.165) is 43.5 Å². The smallest absolute Gasteiger partial charge is 0.251 e. The molecule has 1 atom stereocenters. The summed E-state index contributed by atoms with van der Waals surface area (Å²) in [5, 5.41) is 9.52. The van der Waals surface area contributed by atoms with Gasteiger partial charge in [0.05, 0.1) is 19.7 Å². The molecule has 3 rings (SSSR count). The Morgan fingerprint density at radius 2 is 1.88 bits per heavy atom. The Morgan fingerprint density at radius 1 is 1.12 bits per heavy atom. The molecule has 32 heavy (non-hydrogen) atoms. The molecule has 1 unspecified atom stereocenters. The lowest BCUT2D eigenvalue weighted by molar-refractivity contribution is 0.0963. The minimum absolute atomic E-state index is 0.0828. The van der Waals surface area contributed by atoms with Crippen LogP contribution in [-0.2, 0) is 6.54 Å². The lowest BCUT2D eigenvalue weighted by Crippen LogP contribution is -2.42. The number of hydrogen-bond acceptors (Lipinski definition) is 4. The van der Waals surface area contributed by atoms with Crippen LogP contribution in [0, 0.1) is 0 Å². The van der Waals surface area contributed by atoms with Gasteiger partial charge < -0.3 is 20.7 Å². The normalized spacial score (nSPS) is 15.3. The van der Waals surface area contributed by atoms with E-state index in [1.54, 1.807) is 14.2 Å². The molecule has 0 bridgehead atoms. The highest BCUT2D eigenvalue weighted by Crippen LogP contribution is 2.27. The summed E-state index contributed by atoms with van der Waals surface area (Å²) in [6.07, 6.45) is 2.47. The van der Waals surface area contributed by atoms with Gasteiger partial charge in [-0.2, -0.15) is 0 Å². The summed E-state index contributed by atoms with van der Waals surface area (Å²) in [4.78, 5) is 19.0. The molecule has 0 aromatic heterocycles. The standard InChI is InChI=1S/C25H35N5O2/c1-4-27-25(28-17-19-10-12-20(13-11-19)24(31)26-2)29-18-23(30-14-5-6-15-30)21-8-7-9-22(16-21)32-3/h7-13,16,23H,4-6,14-15,17-18H2,1-3H3,(H,26,31)(H2,27,28,29). The second kappa shape index (κ2) is 12.1. The van der Waals surface area contributed by atoms with Crippen LogP contribution < -0.4 is 20.7 Å². The predicted octanol–water partition coefficient (Wildman–Crippen LogP) is 2.95. The highest BCUT2D eigenvalue weighted by Gasteiger charge is 2.24. The van der Waals surface area contributed by atoms with Crippen molar-refractivity contribution in [2.45, 2.75) is 32.4 Å². The van der Waals surface area contributed by atoms with Gasteiger partial charge in [-0.3, -0.25) is 9.69 Å². The molecule has 7 nitrogen and oxygen atoms in total. The fourth-order valence-electron chi connectivity index (χ4n) is 3.97. The van der Waals surface area contributed by atoms with Crippen LogP contribution in [0.4, 0.5) is 0 Å². The Hall–Kier alpha value is -3.06. The molecule has 0 aliphatic carbocycles. The molecule has 2 aromatic rings. The van der Waals surface area contributed by atoms with Gasteiger partial charge in [-0.15, -0.1) is 0 Å². The van der Waals surface area contributed by atoms with Gasteiger partial charge >= 0.3 is 0 Å². The number of nitrogens with one attached hydrogen (secondary N) is 3. The van der Waals surface area contributed by atoms with Crippen molar-refractivity contribution >= 4 is 11.9 Å². The van der Waals surface area contributed by atoms with Crippen LogP contribution in [0.1, 0.15) is 47.3 Å². The number of methoxy groups -OCH3 is 1. The number of amides is 1. The number of benzene rings is 2. The number of guanidine groups is 1. The van der Waals surface area contributed by atoms with E-state index in [1.807, 2.05) is 30.3 Å². The van der Waals surface area contributed by atoms with Crippen LogP contribution in [0.25, 0.3) is 0 Å². The van der Waals surface area contributed by atoms with Crippen LogP contribution in [0.3, 0.4) is 0 Å². The van der Waals surface area contributed by atoms with Crippen LogP contribution in [0.5, 0.6) is 5.75 Å². The van der Waals surface area contributed by atoms with E-state index in [1.165, 1.54) is 18.4 Å². The van der Waals surface area contributed by atoms with Crippen molar-refractivity contribution < 1.29 is 9.53 Å². The quantitative estimate of drug-likeness (QED) is 0.415. The molecule has 1 amide bonds. The first-order valence-corrected chi connectivity index (χ1v) is 11.4. The van der Waals surface area contributed by atoms with Crippen molar-refractivity contribution in [3.8, 4) is 5.75 Å². The van der Waals surface area contributed by atoms with Gasteiger partial charge in [0, 0.05) is 25.7 Å². The Kier molecular flexibility index (Phi) is 8.92. The molecular weight excluding hydrogens is 402 g/mol. The Morgan fingerprint density at radius 3 is 2.53 bits per heavy atom. The number of ether oxygens (including phenoxy) is 1. The molecule has 0 radical (unpaired) electrons. The zero-order chi connectivity index (χ0) is 22.8. The fourth-order valence-corrected chi connectivity index (χ4v) is 3.97. The third kappa shape index (κ3) is 6.47. The van der Waals surface area contributed by atoms with Crippen molar-refractivity contribution in [2.75, 3.05) is 40.3 Å². The summed E-state index contributed by atoms with van der Waals surface area (Å²) in [5.41, 5.74) is 2.95. The summed E-state index contributed by atoms with van der Waals surface area (Å²) in [6, 6.07) is 16.1. The molecule has 1 heterocycles. The number of hydrogen-bond donors (Lipinski definition) is 3. The second-order valence-corrected chi connectivity index (χ2v) is 7.89. The summed E-state index contributed by atoms with van der Waals surface area (Å²) >= 11 is 0. The number of likely N-dealkylation sites (tertiary alicyclic amines) is 1. The SMILES string of the molecule is CCNC(=NCc1ccc(C(=O)NC)cc1)NCC(c1cccc(OC)c1)N1CCCC1. The monoisotopic (exact) mass is 437 g/mol. The van der Waals surface area contributed by atoms with Crippen LogP contribution in [-0.4, -0.2) is 57.1 Å². The number of aliphatic imine (C=N–C) groups is 1. The molecule has 1 fully saturated rings. The van der Waals surface area contributed by atoms with Crippen LogP contribution >= 0.6 is 0 Å². The van der Waals surface area contributed by atoms with E-state index in [2.05, 4.69) is 46.0 Å². The molecular formula is C25H35N5O2. The van der Waals surface area contributed by atoms with E-state index < -0.39 is 0 Å². The first kappa shape index (κ1) is 23.6. The van der Waals surface area contributed by atoms with Gasteiger partial charge in [0.15, 0.2) is 5.96 Å². The van der Waals surface area contributed by atoms with E-state index >= 15 is 0 Å². The molecule has 1 aliphatic heterocycles. The van der Waals surface area contributed by atoms with Crippen molar-refractivity contribution in [2.24, 2.45) is 4.99 Å². The van der Waals surface area contributed by atoms with Gasteiger partial charge in [-0.1, -0.05) is 24.3 Å². The minimum atomic E-state index is -0.0828. The van der Waals surface area contributed by atoms with Gasteiger partial charge in [0.1, 0.15) is 5.75 Å². The highest BCUT2D eigenvalue weighted by atomic mass is 16.5. The van der Waals surface area contributed by atoms with Crippen molar-refractivity contribution in [1.82, 2.24) is 20.9 Å². The third-order valence-corrected chi connectivity index (χ3v) is 5.73. The average Bonchev–Trinajstić information content (AvgIpc) is 3.37. The minimum Gasteiger partial charge on any atom is -0.497 e. The van der Waals surface area contributed by atoms with Crippen molar-refractivity contribution in [1.29, 1.82) is 0 Å². The van der Waals surface area contributed by atoms with Gasteiger partial charge in [0.2, 0.25) is 0 Å². The highest BCUT2D eigenvalue weighted by molar-refractivity contribution is 5.93. The van der Waals surface area contributed by atoms with E-state index in [-0.39, 0.29) is 11.9 Å². The van der Waals surface area contributed by atoms with Crippen LogP contribution in [0.15, 0.2) is 53.5 Å². The van der Waals surface area contributed by atoms with E-state index in [9.17, 15) is 4.79 Å². The van der Waals surface area contributed by atoms with Crippen molar-refractivity contribution in [3.63, 3.8) is 0 Å². The topological polar surface area (TPSA) is 78.0 Å². The molecule has 0 saturated carbocycles. The summed E-state index contributed by atoms with van der Waals surface area (Å²) in [6.45, 7) is 6.36. The molecule has 7 heteroatoms. The van der Waals surface area contributed by atoms with Gasteiger partial charge in [0.25, 0.3) is 5.91 Å². The molecule has 0 spiro atoms. The molecule has 1 saturated heterocycles. The fraction of sp³-hybridized carbons (Fsp3) is 0.440. The molecule has 1 aliphatic rings. The zero-order valence-corrected chi connectivity index (χ0v) is 19.4. The average molecular weight is 438 g/mol. The number of carbonyl (C=O) groups is 1. The van der Waals surface area contributed by atoms with E-state index in [0.29, 0.717) is 12.1 Å². The second-order valence-electron chi connectivity index (χ2n) is 7.89. The molecule has 172 valence electrons. The Balaban J connectivity index is 1.69.